The fourth-order valence-corrected chi connectivity index (χ4v) is 2.28. The molecule has 3 atom stereocenters. The Balaban J connectivity index is 2.33. The summed E-state index contributed by atoms with van der Waals surface area (Å²) in [6.07, 6.45) is 7.70. The number of carbonyl (C=O) groups excluding carboxylic acids is 1. The summed E-state index contributed by atoms with van der Waals surface area (Å²) >= 11 is 0. The van der Waals surface area contributed by atoms with Gasteiger partial charge in [0.15, 0.2) is 0 Å². The third kappa shape index (κ3) is 2.62. The van der Waals surface area contributed by atoms with Gasteiger partial charge in [-0.25, -0.2) is 0 Å². The van der Waals surface area contributed by atoms with Crippen molar-refractivity contribution in [3.05, 3.63) is 0 Å². The van der Waals surface area contributed by atoms with E-state index in [2.05, 4.69) is 6.92 Å². The van der Waals surface area contributed by atoms with Crippen molar-refractivity contribution in [2.75, 3.05) is 0 Å². The van der Waals surface area contributed by atoms with Crippen molar-refractivity contribution >= 4 is 6.29 Å². The molecule has 0 bridgehead atoms. The summed E-state index contributed by atoms with van der Waals surface area (Å²) in [5.74, 6) is 1.94. The van der Waals surface area contributed by atoms with Gasteiger partial charge in [0.05, 0.1) is 0 Å². The highest BCUT2D eigenvalue weighted by Crippen LogP contribution is 2.33. The quantitative estimate of drug-likeness (QED) is 0.592. The van der Waals surface area contributed by atoms with Crippen LogP contribution in [0.1, 0.15) is 46.0 Å². The highest BCUT2D eigenvalue weighted by Gasteiger charge is 2.22. The van der Waals surface area contributed by atoms with Crippen molar-refractivity contribution in [3.63, 3.8) is 0 Å². The van der Waals surface area contributed by atoms with E-state index in [4.69, 9.17) is 0 Å². The van der Waals surface area contributed by atoms with Crippen LogP contribution in [-0.2, 0) is 4.79 Å². The monoisotopic (exact) mass is 168 g/mol. The van der Waals surface area contributed by atoms with Crippen molar-refractivity contribution in [3.8, 4) is 0 Å². The summed E-state index contributed by atoms with van der Waals surface area (Å²) in [5.41, 5.74) is 0. The van der Waals surface area contributed by atoms with Crippen LogP contribution in [0.15, 0.2) is 0 Å². The van der Waals surface area contributed by atoms with Crippen molar-refractivity contribution in [1.29, 1.82) is 0 Å². The SMILES string of the molecule is C[C@H](C=O)C[C@@H]1CCCC[C@@H]1C. The normalized spacial score (nSPS) is 32.8. The molecule has 0 aliphatic heterocycles. The molecular formula is C11H20O. The van der Waals surface area contributed by atoms with E-state index in [0.717, 1.165) is 24.5 Å². The van der Waals surface area contributed by atoms with E-state index in [-0.39, 0.29) is 5.92 Å². The first kappa shape index (κ1) is 9.76. The maximum Gasteiger partial charge on any atom is 0.122 e. The topological polar surface area (TPSA) is 17.1 Å². The number of hydrogen-bond donors (Lipinski definition) is 0. The molecule has 0 aromatic carbocycles. The Hall–Kier alpha value is -0.330. The molecular weight excluding hydrogens is 148 g/mol. The van der Waals surface area contributed by atoms with Crippen LogP contribution in [-0.4, -0.2) is 6.29 Å². The van der Waals surface area contributed by atoms with E-state index in [0.29, 0.717) is 0 Å². The van der Waals surface area contributed by atoms with Crippen molar-refractivity contribution in [2.24, 2.45) is 17.8 Å². The first-order valence-electron chi connectivity index (χ1n) is 5.19. The first-order chi connectivity index (χ1) is 5.74. The zero-order valence-electron chi connectivity index (χ0n) is 8.25. The second-order valence-corrected chi connectivity index (χ2v) is 4.37. The van der Waals surface area contributed by atoms with Gasteiger partial charge in [0.1, 0.15) is 6.29 Å². The van der Waals surface area contributed by atoms with E-state index >= 15 is 0 Å². The van der Waals surface area contributed by atoms with E-state index in [9.17, 15) is 4.79 Å². The van der Waals surface area contributed by atoms with E-state index < -0.39 is 0 Å². The van der Waals surface area contributed by atoms with Gasteiger partial charge >= 0.3 is 0 Å². The lowest BCUT2D eigenvalue weighted by Crippen LogP contribution is -2.19. The number of rotatable bonds is 3. The Morgan fingerprint density at radius 3 is 2.67 bits per heavy atom. The van der Waals surface area contributed by atoms with Crippen LogP contribution in [0.2, 0.25) is 0 Å². The van der Waals surface area contributed by atoms with E-state index in [1.54, 1.807) is 0 Å². The van der Waals surface area contributed by atoms with E-state index in [1.807, 2.05) is 6.92 Å². The molecule has 1 aliphatic rings. The number of carbonyl (C=O) groups is 1. The average molecular weight is 168 g/mol. The van der Waals surface area contributed by atoms with E-state index in [1.165, 1.54) is 25.7 Å². The van der Waals surface area contributed by atoms with Gasteiger partial charge in [0.2, 0.25) is 0 Å². The molecule has 0 aromatic heterocycles. The lowest BCUT2D eigenvalue weighted by molar-refractivity contribution is -0.111. The maximum atomic E-state index is 10.5. The average Bonchev–Trinajstić information content (AvgIpc) is 2.09. The van der Waals surface area contributed by atoms with Gasteiger partial charge in [-0.2, -0.15) is 0 Å². The molecule has 1 nitrogen and oxygen atoms in total. The molecule has 0 amide bonds. The molecule has 70 valence electrons. The van der Waals surface area contributed by atoms with Crippen LogP contribution >= 0.6 is 0 Å². The van der Waals surface area contributed by atoms with Gasteiger partial charge in [-0.1, -0.05) is 39.5 Å². The smallest absolute Gasteiger partial charge is 0.122 e. The molecule has 0 heterocycles. The predicted octanol–water partition coefficient (Wildman–Crippen LogP) is 3.04. The predicted molar refractivity (Wildman–Crippen MR) is 51.0 cm³/mol. The van der Waals surface area contributed by atoms with Gasteiger partial charge in [-0.15, -0.1) is 0 Å². The molecule has 0 N–H and O–H groups in total. The lowest BCUT2D eigenvalue weighted by Gasteiger charge is -2.29. The summed E-state index contributed by atoms with van der Waals surface area (Å²) in [7, 11) is 0. The third-order valence-electron chi connectivity index (χ3n) is 3.20. The van der Waals surface area contributed by atoms with Gasteiger partial charge < -0.3 is 4.79 Å². The molecule has 0 unspecified atom stereocenters. The van der Waals surface area contributed by atoms with Crippen molar-refractivity contribution in [1.82, 2.24) is 0 Å². The molecule has 1 rings (SSSR count). The fraction of sp³-hybridized carbons (Fsp3) is 0.909. The van der Waals surface area contributed by atoms with Crippen LogP contribution in [0.25, 0.3) is 0 Å². The largest absolute Gasteiger partial charge is 0.303 e. The second kappa shape index (κ2) is 4.64. The maximum absolute atomic E-state index is 10.5. The van der Waals surface area contributed by atoms with Crippen molar-refractivity contribution < 1.29 is 4.79 Å². The zero-order chi connectivity index (χ0) is 8.97. The summed E-state index contributed by atoms with van der Waals surface area (Å²) in [4.78, 5) is 10.5. The Morgan fingerprint density at radius 1 is 1.42 bits per heavy atom. The zero-order valence-corrected chi connectivity index (χ0v) is 8.25. The van der Waals surface area contributed by atoms with Crippen LogP contribution in [0.4, 0.5) is 0 Å². The second-order valence-electron chi connectivity index (χ2n) is 4.37. The molecule has 1 aliphatic carbocycles. The lowest BCUT2D eigenvalue weighted by atomic mass is 9.76. The highest BCUT2D eigenvalue weighted by atomic mass is 16.1. The highest BCUT2D eigenvalue weighted by molar-refractivity contribution is 5.52. The molecule has 1 fully saturated rings. The minimum atomic E-state index is 0.274. The van der Waals surface area contributed by atoms with Gasteiger partial charge in [-0.3, -0.25) is 0 Å². The molecule has 1 saturated carbocycles. The molecule has 12 heavy (non-hydrogen) atoms. The molecule has 0 radical (unpaired) electrons. The molecule has 0 saturated heterocycles. The van der Waals surface area contributed by atoms with Gasteiger partial charge in [0, 0.05) is 5.92 Å². The van der Waals surface area contributed by atoms with Crippen molar-refractivity contribution in [2.45, 2.75) is 46.0 Å². The van der Waals surface area contributed by atoms with Crippen LogP contribution in [0, 0.1) is 17.8 Å². The van der Waals surface area contributed by atoms with Crippen LogP contribution in [0.3, 0.4) is 0 Å². The fourth-order valence-electron chi connectivity index (χ4n) is 2.28. The first-order valence-corrected chi connectivity index (χ1v) is 5.19. The summed E-state index contributed by atoms with van der Waals surface area (Å²) < 4.78 is 0. The summed E-state index contributed by atoms with van der Waals surface area (Å²) in [6, 6.07) is 0. The Labute approximate surface area is 75.5 Å². The van der Waals surface area contributed by atoms with Gasteiger partial charge in [-0.05, 0) is 18.3 Å². The van der Waals surface area contributed by atoms with Crippen LogP contribution in [0.5, 0.6) is 0 Å². The minimum Gasteiger partial charge on any atom is -0.303 e. The number of aldehydes is 1. The minimum absolute atomic E-state index is 0.274. The summed E-state index contributed by atoms with van der Waals surface area (Å²) in [5, 5.41) is 0. The standard InChI is InChI=1S/C11H20O/c1-9(8-12)7-11-6-4-3-5-10(11)2/h8-11H,3-7H2,1-2H3/t9-,10-,11-/m0/s1. The third-order valence-corrected chi connectivity index (χ3v) is 3.20. The Kier molecular flexibility index (Phi) is 3.77. The van der Waals surface area contributed by atoms with Crippen LogP contribution < -0.4 is 0 Å². The molecule has 1 heteroatoms. The Morgan fingerprint density at radius 2 is 2.08 bits per heavy atom. The molecule has 0 aromatic rings. The number of hydrogen-bond acceptors (Lipinski definition) is 1. The summed E-state index contributed by atoms with van der Waals surface area (Å²) in [6.45, 7) is 4.37. The molecule has 0 spiro atoms. The van der Waals surface area contributed by atoms with Gasteiger partial charge in [0.25, 0.3) is 0 Å². The Bertz CT molecular complexity index is 142.